The lowest BCUT2D eigenvalue weighted by Crippen LogP contribution is -2.44. The van der Waals surface area contributed by atoms with Crippen molar-refractivity contribution in [3.63, 3.8) is 0 Å². The zero-order valence-corrected chi connectivity index (χ0v) is 17.2. The van der Waals surface area contributed by atoms with Crippen molar-refractivity contribution >= 4 is 21.9 Å². The van der Waals surface area contributed by atoms with E-state index in [1.165, 1.54) is 9.21 Å². The normalized spacial score (nSPS) is 16.3. The van der Waals surface area contributed by atoms with Crippen molar-refractivity contribution in [2.24, 2.45) is 5.92 Å². The van der Waals surface area contributed by atoms with Gasteiger partial charge in [0.25, 0.3) is 0 Å². The maximum atomic E-state index is 13.1. The van der Waals surface area contributed by atoms with Gasteiger partial charge in [0.05, 0.1) is 11.3 Å². The number of amides is 1. The molecule has 0 atom stereocenters. The number of hydrogen-bond donors (Lipinski definition) is 1. The summed E-state index contributed by atoms with van der Waals surface area (Å²) in [4.78, 5) is 24.9. The Morgan fingerprint density at radius 2 is 1.67 bits per heavy atom. The molecule has 1 aliphatic rings. The predicted octanol–water partition coefficient (Wildman–Crippen LogP) is 1.95. The van der Waals surface area contributed by atoms with Gasteiger partial charge < -0.3 is 10.0 Å². The third-order valence-electron chi connectivity index (χ3n) is 5.04. The monoisotopic (exact) mass is 396 g/mol. The van der Waals surface area contributed by atoms with Gasteiger partial charge in [-0.2, -0.15) is 4.31 Å². The molecule has 1 aromatic carbocycles. The summed E-state index contributed by atoms with van der Waals surface area (Å²) < 4.78 is 27.6. The van der Waals surface area contributed by atoms with Crippen LogP contribution in [0, 0.1) is 26.7 Å². The Hall–Kier alpha value is -1.93. The first-order valence-electron chi connectivity index (χ1n) is 9.08. The highest BCUT2D eigenvalue weighted by Crippen LogP contribution is 2.29. The minimum atomic E-state index is -3.60. The van der Waals surface area contributed by atoms with E-state index in [4.69, 9.17) is 5.11 Å². The molecule has 0 aliphatic carbocycles. The highest BCUT2D eigenvalue weighted by Gasteiger charge is 2.34. The number of carbonyl (C=O) groups excluding carboxylic acids is 1. The fourth-order valence-electron chi connectivity index (χ4n) is 3.73. The number of piperidine rings is 1. The molecular formula is C19H28N2O5S. The van der Waals surface area contributed by atoms with Gasteiger partial charge in [0.1, 0.15) is 0 Å². The second kappa shape index (κ2) is 8.39. The lowest BCUT2D eigenvalue weighted by Gasteiger charge is -2.33. The number of aliphatic carboxylic acids is 1. The molecule has 27 heavy (non-hydrogen) atoms. The standard InChI is InChI=1S/C19H28N2O5S/c1-13-11-14(2)18(15(3)12-13)27(25,26)21-9-5-16(6-10-21)19(24)20(4)8-7-17(22)23/h11-12,16H,5-10H2,1-4H3,(H,22,23). The molecule has 0 unspecified atom stereocenters. The third kappa shape index (κ3) is 4.87. The minimum Gasteiger partial charge on any atom is -0.481 e. The van der Waals surface area contributed by atoms with Crippen LogP contribution in [0.15, 0.2) is 17.0 Å². The molecule has 0 bridgehead atoms. The van der Waals surface area contributed by atoms with Crippen LogP contribution in [0.25, 0.3) is 0 Å². The number of carboxylic acid groups (broad SMARTS) is 1. The van der Waals surface area contributed by atoms with Crippen molar-refractivity contribution in [3.05, 3.63) is 28.8 Å². The molecule has 150 valence electrons. The van der Waals surface area contributed by atoms with Gasteiger partial charge in [0.15, 0.2) is 0 Å². The number of sulfonamides is 1. The van der Waals surface area contributed by atoms with Crippen LogP contribution in [0.3, 0.4) is 0 Å². The van der Waals surface area contributed by atoms with Gasteiger partial charge in [-0.05, 0) is 44.7 Å². The van der Waals surface area contributed by atoms with Crippen molar-refractivity contribution in [2.45, 2.75) is 44.9 Å². The van der Waals surface area contributed by atoms with Crippen molar-refractivity contribution in [1.29, 1.82) is 0 Å². The summed E-state index contributed by atoms with van der Waals surface area (Å²) in [5.74, 6) is -1.33. The van der Waals surface area contributed by atoms with Gasteiger partial charge in [-0.3, -0.25) is 9.59 Å². The van der Waals surface area contributed by atoms with Gasteiger partial charge >= 0.3 is 5.97 Å². The van der Waals surface area contributed by atoms with Crippen LogP contribution in [0.1, 0.15) is 36.0 Å². The molecule has 1 heterocycles. The van der Waals surface area contributed by atoms with E-state index in [1.54, 1.807) is 20.9 Å². The molecule has 1 fully saturated rings. The van der Waals surface area contributed by atoms with E-state index in [2.05, 4.69) is 0 Å². The average molecular weight is 397 g/mol. The third-order valence-corrected chi connectivity index (χ3v) is 7.25. The molecular weight excluding hydrogens is 368 g/mol. The van der Waals surface area contributed by atoms with Crippen LogP contribution in [-0.4, -0.2) is 61.3 Å². The van der Waals surface area contributed by atoms with Crippen LogP contribution in [0.2, 0.25) is 0 Å². The largest absolute Gasteiger partial charge is 0.481 e. The van der Waals surface area contributed by atoms with Crippen molar-refractivity contribution in [2.75, 3.05) is 26.7 Å². The first-order chi connectivity index (χ1) is 12.5. The average Bonchev–Trinajstić information content (AvgIpc) is 2.57. The van der Waals surface area contributed by atoms with Crippen molar-refractivity contribution in [3.8, 4) is 0 Å². The molecule has 1 saturated heterocycles. The van der Waals surface area contributed by atoms with Gasteiger partial charge in [-0.15, -0.1) is 0 Å². The zero-order chi connectivity index (χ0) is 20.4. The number of rotatable bonds is 6. The smallest absolute Gasteiger partial charge is 0.305 e. The zero-order valence-electron chi connectivity index (χ0n) is 16.4. The Bertz CT molecular complexity index is 803. The van der Waals surface area contributed by atoms with E-state index in [9.17, 15) is 18.0 Å². The summed E-state index contributed by atoms with van der Waals surface area (Å²) >= 11 is 0. The number of hydrogen-bond acceptors (Lipinski definition) is 4. The summed E-state index contributed by atoms with van der Waals surface area (Å²) in [6.45, 7) is 6.29. The number of benzene rings is 1. The van der Waals surface area contributed by atoms with Gasteiger partial charge in [-0.1, -0.05) is 17.7 Å². The molecule has 2 rings (SSSR count). The SMILES string of the molecule is Cc1cc(C)c(S(=O)(=O)N2CCC(C(=O)N(C)CCC(=O)O)CC2)c(C)c1. The Kier molecular flexibility index (Phi) is 6.64. The van der Waals surface area contributed by atoms with E-state index >= 15 is 0 Å². The maximum absolute atomic E-state index is 13.1. The van der Waals surface area contributed by atoms with E-state index in [-0.39, 0.29) is 37.9 Å². The first-order valence-corrected chi connectivity index (χ1v) is 10.5. The Morgan fingerprint density at radius 1 is 1.15 bits per heavy atom. The van der Waals surface area contributed by atoms with Crippen LogP contribution < -0.4 is 0 Å². The van der Waals surface area contributed by atoms with Gasteiger partial charge in [0, 0.05) is 32.6 Å². The summed E-state index contributed by atoms with van der Waals surface area (Å²) in [6.07, 6.45) is 0.792. The number of nitrogens with zero attached hydrogens (tertiary/aromatic N) is 2. The molecule has 0 radical (unpaired) electrons. The van der Waals surface area contributed by atoms with Crippen LogP contribution in [0.5, 0.6) is 0 Å². The molecule has 0 spiro atoms. The molecule has 1 aromatic rings. The highest BCUT2D eigenvalue weighted by molar-refractivity contribution is 7.89. The van der Waals surface area contributed by atoms with Crippen molar-refractivity contribution < 1.29 is 23.1 Å². The summed E-state index contributed by atoms with van der Waals surface area (Å²) in [7, 11) is -2.01. The second-order valence-electron chi connectivity index (χ2n) is 7.31. The lowest BCUT2D eigenvalue weighted by atomic mass is 9.96. The molecule has 1 aliphatic heterocycles. The minimum absolute atomic E-state index is 0.0958. The number of carboxylic acids is 1. The number of aryl methyl sites for hydroxylation is 3. The summed E-state index contributed by atoms with van der Waals surface area (Å²) in [5, 5.41) is 8.74. The lowest BCUT2D eigenvalue weighted by molar-refractivity contribution is -0.139. The Balaban J connectivity index is 2.07. The van der Waals surface area contributed by atoms with Crippen LogP contribution in [-0.2, 0) is 19.6 Å². The quantitative estimate of drug-likeness (QED) is 0.793. The number of carbonyl (C=O) groups is 2. The topological polar surface area (TPSA) is 95.0 Å². The van der Waals surface area contributed by atoms with Gasteiger partial charge in [-0.25, -0.2) is 8.42 Å². The van der Waals surface area contributed by atoms with Crippen LogP contribution in [0.4, 0.5) is 0 Å². The van der Waals surface area contributed by atoms with Crippen LogP contribution >= 0.6 is 0 Å². The fourth-order valence-corrected chi connectivity index (χ4v) is 5.61. The predicted molar refractivity (Wildman–Crippen MR) is 102 cm³/mol. The highest BCUT2D eigenvalue weighted by atomic mass is 32.2. The Labute approximate surface area is 161 Å². The molecule has 0 saturated carbocycles. The Morgan fingerprint density at radius 3 is 2.15 bits per heavy atom. The van der Waals surface area contributed by atoms with E-state index in [1.807, 2.05) is 19.1 Å². The van der Waals surface area contributed by atoms with E-state index < -0.39 is 16.0 Å². The second-order valence-corrected chi connectivity index (χ2v) is 9.18. The molecule has 7 nitrogen and oxygen atoms in total. The van der Waals surface area contributed by atoms with E-state index in [0.717, 1.165) is 16.7 Å². The van der Waals surface area contributed by atoms with Gasteiger partial charge in [0.2, 0.25) is 15.9 Å². The maximum Gasteiger partial charge on any atom is 0.305 e. The molecule has 0 aromatic heterocycles. The van der Waals surface area contributed by atoms with Crippen molar-refractivity contribution in [1.82, 2.24) is 9.21 Å². The molecule has 1 N–H and O–H groups in total. The fraction of sp³-hybridized carbons (Fsp3) is 0.579. The van der Waals surface area contributed by atoms with E-state index in [0.29, 0.717) is 17.7 Å². The first kappa shape index (κ1) is 21.4. The summed E-state index contributed by atoms with van der Waals surface area (Å²) in [6, 6.07) is 3.74. The molecule has 1 amide bonds. The molecule has 8 heteroatoms. The summed E-state index contributed by atoms with van der Waals surface area (Å²) in [5.41, 5.74) is 2.50.